The van der Waals surface area contributed by atoms with Crippen LogP contribution < -0.4 is 0 Å². The van der Waals surface area contributed by atoms with E-state index < -0.39 is 10.0 Å². The molecule has 8 heteroatoms. The van der Waals surface area contributed by atoms with Crippen molar-refractivity contribution < 1.29 is 13.0 Å². The van der Waals surface area contributed by atoms with E-state index >= 15 is 0 Å². The Labute approximate surface area is 140 Å². The number of hydrogen-bond donors (Lipinski definition) is 0. The number of halogens is 1. The van der Waals surface area contributed by atoms with Crippen molar-refractivity contribution in [3.8, 4) is 0 Å². The van der Waals surface area contributed by atoms with Crippen molar-refractivity contribution in [1.82, 2.24) is 14.6 Å². The second-order valence-electron chi connectivity index (χ2n) is 6.94. The maximum atomic E-state index is 13.2. The zero-order chi connectivity index (χ0) is 16.8. The molecule has 6 nitrogen and oxygen atoms in total. The summed E-state index contributed by atoms with van der Waals surface area (Å²) in [6.07, 6.45) is 2.66. The summed E-state index contributed by atoms with van der Waals surface area (Å²) < 4.78 is 32.6. The Morgan fingerprint density at radius 2 is 2.00 bits per heavy atom. The zero-order valence-corrected chi connectivity index (χ0v) is 15.0. The molecule has 1 unspecified atom stereocenters. The Morgan fingerprint density at radius 1 is 1.30 bits per heavy atom. The summed E-state index contributed by atoms with van der Waals surface area (Å²) in [6, 6.07) is 2.92. The van der Waals surface area contributed by atoms with Gasteiger partial charge in [-0.05, 0) is 54.0 Å². The minimum absolute atomic E-state index is 0.0805. The lowest BCUT2D eigenvalue weighted by Crippen LogP contribution is -2.39. The van der Waals surface area contributed by atoms with Crippen LogP contribution in [0.1, 0.15) is 40.0 Å². The maximum absolute atomic E-state index is 13.2. The minimum atomic E-state index is -3.69. The van der Waals surface area contributed by atoms with Gasteiger partial charge in [0, 0.05) is 12.6 Å². The van der Waals surface area contributed by atoms with Crippen LogP contribution in [-0.2, 0) is 10.0 Å². The molecule has 1 fully saturated rings. The Hall–Kier alpha value is -1.18. The summed E-state index contributed by atoms with van der Waals surface area (Å²) in [6.45, 7) is 6.82. The molecule has 3 rings (SSSR count). The van der Waals surface area contributed by atoms with Crippen LogP contribution in [0, 0.1) is 5.41 Å². The van der Waals surface area contributed by atoms with Gasteiger partial charge in [0.05, 0.1) is 5.02 Å². The summed E-state index contributed by atoms with van der Waals surface area (Å²) in [7, 11) is -3.69. The third-order valence-corrected chi connectivity index (χ3v) is 6.84. The van der Waals surface area contributed by atoms with Crippen LogP contribution in [0.3, 0.4) is 0 Å². The summed E-state index contributed by atoms with van der Waals surface area (Å²) in [5, 5.41) is 7.76. The molecule has 0 N–H and O–H groups in total. The van der Waals surface area contributed by atoms with E-state index in [1.54, 1.807) is 4.31 Å². The van der Waals surface area contributed by atoms with Crippen LogP contribution in [0.4, 0.5) is 0 Å². The van der Waals surface area contributed by atoms with Crippen molar-refractivity contribution in [2.75, 3.05) is 6.54 Å². The lowest BCUT2D eigenvalue weighted by atomic mass is 9.83. The van der Waals surface area contributed by atoms with E-state index in [9.17, 15) is 8.42 Å². The highest BCUT2D eigenvalue weighted by Gasteiger charge is 2.36. The fourth-order valence-corrected chi connectivity index (χ4v) is 5.42. The average molecular weight is 358 g/mol. The second kappa shape index (κ2) is 5.72. The summed E-state index contributed by atoms with van der Waals surface area (Å²) in [5.41, 5.74) is 0.595. The maximum Gasteiger partial charge on any atom is 0.245 e. The molecular weight excluding hydrogens is 338 g/mol. The third-order valence-electron chi connectivity index (χ3n) is 4.49. The van der Waals surface area contributed by atoms with E-state index in [1.165, 1.54) is 12.1 Å². The molecule has 1 saturated heterocycles. The molecule has 1 aromatic heterocycles. The van der Waals surface area contributed by atoms with Crippen molar-refractivity contribution in [3.05, 3.63) is 17.2 Å². The Kier molecular flexibility index (Phi) is 4.14. The Morgan fingerprint density at radius 3 is 2.74 bits per heavy atom. The first-order valence-electron chi connectivity index (χ1n) is 7.65. The molecule has 0 amide bonds. The van der Waals surface area contributed by atoms with Gasteiger partial charge in [-0.15, -0.1) is 0 Å². The number of nitrogens with zero attached hydrogens (tertiary/aromatic N) is 3. The molecule has 1 aromatic carbocycles. The smallest absolute Gasteiger partial charge is 0.243 e. The van der Waals surface area contributed by atoms with Gasteiger partial charge in [0.2, 0.25) is 10.0 Å². The number of sulfonamides is 1. The molecule has 0 bridgehead atoms. The van der Waals surface area contributed by atoms with Crippen molar-refractivity contribution in [2.45, 2.75) is 51.0 Å². The molecule has 0 aliphatic carbocycles. The molecule has 126 valence electrons. The van der Waals surface area contributed by atoms with Gasteiger partial charge >= 0.3 is 0 Å². The molecule has 0 radical (unpaired) electrons. The molecule has 1 aliphatic rings. The lowest BCUT2D eigenvalue weighted by Gasteiger charge is -2.29. The van der Waals surface area contributed by atoms with Gasteiger partial charge in [0.15, 0.2) is 11.0 Å². The molecule has 23 heavy (non-hydrogen) atoms. The first-order valence-corrected chi connectivity index (χ1v) is 9.47. The standard InChI is InChI=1S/C15H20ClN3O3S/c1-10-9-15(2,3)7-4-8-19(10)23(20,21)12-6-5-11(16)13-14(12)18-22-17-13/h5-6,10H,4,7-9H2,1-3H3. The number of rotatable bonds is 2. The van der Waals surface area contributed by atoms with Gasteiger partial charge in [-0.2, -0.15) is 4.31 Å². The fraction of sp³-hybridized carbons (Fsp3) is 0.600. The number of hydrogen-bond acceptors (Lipinski definition) is 5. The van der Waals surface area contributed by atoms with Gasteiger partial charge in [0.25, 0.3) is 0 Å². The van der Waals surface area contributed by atoms with Crippen LogP contribution in [0.15, 0.2) is 21.7 Å². The fourth-order valence-electron chi connectivity index (χ4n) is 3.44. The Balaban J connectivity index is 2.07. The highest BCUT2D eigenvalue weighted by Crippen LogP contribution is 2.36. The van der Waals surface area contributed by atoms with Crippen LogP contribution in [0.5, 0.6) is 0 Å². The van der Waals surface area contributed by atoms with Gasteiger partial charge in [-0.25, -0.2) is 13.0 Å². The van der Waals surface area contributed by atoms with Crippen molar-refractivity contribution >= 4 is 32.7 Å². The van der Waals surface area contributed by atoms with Gasteiger partial charge in [-0.3, -0.25) is 0 Å². The lowest BCUT2D eigenvalue weighted by molar-refractivity contribution is 0.265. The largest absolute Gasteiger partial charge is 0.245 e. The van der Waals surface area contributed by atoms with E-state index in [2.05, 4.69) is 28.8 Å². The summed E-state index contributed by atoms with van der Waals surface area (Å²) in [4.78, 5) is 0.102. The first kappa shape index (κ1) is 16.7. The first-order chi connectivity index (χ1) is 10.7. The van der Waals surface area contributed by atoms with E-state index in [1.807, 2.05) is 6.92 Å². The SMILES string of the molecule is CC1CC(C)(C)CCCN1S(=O)(=O)c1ccc(Cl)c2nonc12. The molecule has 1 aliphatic heterocycles. The highest BCUT2D eigenvalue weighted by atomic mass is 35.5. The second-order valence-corrected chi connectivity index (χ2v) is 9.21. The van der Waals surface area contributed by atoms with Crippen LogP contribution in [0.25, 0.3) is 11.0 Å². The van der Waals surface area contributed by atoms with Crippen molar-refractivity contribution in [3.63, 3.8) is 0 Å². The summed E-state index contributed by atoms with van der Waals surface area (Å²) in [5.74, 6) is 0. The van der Waals surface area contributed by atoms with Gasteiger partial charge < -0.3 is 0 Å². The number of benzene rings is 1. The quantitative estimate of drug-likeness (QED) is 0.822. The minimum Gasteiger partial charge on any atom is -0.243 e. The monoisotopic (exact) mass is 357 g/mol. The van der Waals surface area contributed by atoms with Gasteiger partial charge in [-0.1, -0.05) is 25.4 Å². The highest BCUT2D eigenvalue weighted by molar-refractivity contribution is 7.89. The number of fused-ring (bicyclic) bond motifs is 1. The van der Waals surface area contributed by atoms with Crippen LogP contribution >= 0.6 is 11.6 Å². The predicted octanol–water partition coefficient (Wildman–Crippen LogP) is 3.47. The average Bonchev–Trinajstić information content (AvgIpc) is 2.87. The topological polar surface area (TPSA) is 76.3 Å². The predicted molar refractivity (Wildman–Crippen MR) is 87.8 cm³/mol. The zero-order valence-electron chi connectivity index (χ0n) is 13.4. The Bertz CT molecular complexity index is 832. The summed E-state index contributed by atoms with van der Waals surface area (Å²) >= 11 is 6.03. The molecule has 2 aromatic rings. The van der Waals surface area contributed by atoms with Crippen molar-refractivity contribution in [1.29, 1.82) is 0 Å². The molecule has 1 atom stereocenters. The van der Waals surface area contributed by atoms with Gasteiger partial charge in [0.1, 0.15) is 4.90 Å². The van der Waals surface area contributed by atoms with E-state index in [-0.39, 0.29) is 27.4 Å². The van der Waals surface area contributed by atoms with E-state index in [0.717, 1.165) is 19.3 Å². The normalized spacial score (nSPS) is 23.0. The van der Waals surface area contributed by atoms with Crippen LogP contribution in [0.2, 0.25) is 5.02 Å². The third kappa shape index (κ3) is 2.97. The molecular formula is C15H20ClN3O3S. The molecule has 0 spiro atoms. The van der Waals surface area contributed by atoms with Crippen molar-refractivity contribution in [2.24, 2.45) is 5.41 Å². The molecule has 0 saturated carbocycles. The van der Waals surface area contributed by atoms with E-state index in [4.69, 9.17) is 11.6 Å². The molecule has 2 heterocycles. The van der Waals surface area contributed by atoms with Crippen LogP contribution in [-0.4, -0.2) is 35.6 Å². The number of aromatic nitrogens is 2. The van der Waals surface area contributed by atoms with E-state index in [0.29, 0.717) is 11.6 Å².